The molecule has 0 atom stereocenters. The molecule has 1 amide bonds. The van der Waals surface area contributed by atoms with Crippen LogP contribution in [0.25, 0.3) is 0 Å². The Hall–Kier alpha value is -0.570. The molecule has 1 saturated heterocycles. The van der Waals surface area contributed by atoms with E-state index in [1.165, 1.54) is 0 Å². The molecule has 76 valence electrons. The standard InChI is InChI=1S/C10H20N2O/c1-10(2,3)8-12-6-5-11(4)9(13)7-12/h5-8H2,1-4H3. The van der Waals surface area contributed by atoms with Gasteiger partial charge < -0.3 is 4.90 Å². The van der Waals surface area contributed by atoms with E-state index in [0.717, 1.165) is 19.6 Å². The first kappa shape index (κ1) is 10.5. The summed E-state index contributed by atoms with van der Waals surface area (Å²) in [5.74, 6) is 0.246. The lowest BCUT2D eigenvalue weighted by atomic mass is 9.96. The van der Waals surface area contributed by atoms with Crippen molar-refractivity contribution in [2.45, 2.75) is 20.8 Å². The molecule has 3 nitrogen and oxygen atoms in total. The SMILES string of the molecule is CN1CCN(CC(C)(C)C)CC1=O. The average Bonchev–Trinajstić information content (AvgIpc) is 1.94. The lowest BCUT2D eigenvalue weighted by Gasteiger charge is -2.35. The second-order valence-electron chi connectivity index (χ2n) is 5.09. The van der Waals surface area contributed by atoms with E-state index in [0.29, 0.717) is 6.54 Å². The van der Waals surface area contributed by atoms with E-state index >= 15 is 0 Å². The van der Waals surface area contributed by atoms with Crippen molar-refractivity contribution in [3.05, 3.63) is 0 Å². The molecule has 0 bridgehead atoms. The third-order valence-corrected chi connectivity index (χ3v) is 2.23. The largest absolute Gasteiger partial charge is 0.343 e. The van der Waals surface area contributed by atoms with Gasteiger partial charge in [-0.15, -0.1) is 0 Å². The topological polar surface area (TPSA) is 23.6 Å². The molecular formula is C10H20N2O. The fourth-order valence-corrected chi connectivity index (χ4v) is 1.61. The molecule has 0 spiro atoms. The van der Waals surface area contributed by atoms with Crippen LogP contribution in [0.15, 0.2) is 0 Å². The number of likely N-dealkylation sites (N-methyl/N-ethyl adjacent to an activating group) is 1. The van der Waals surface area contributed by atoms with Crippen LogP contribution in [-0.4, -0.2) is 48.9 Å². The zero-order valence-corrected chi connectivity index (χ0v) is 9.13. The summed E-state index contributed by atoms with van der Waals surface area (Å²) in [5.41, 5.74) is 0.288. The highest BCUT2D eigenvalue weighted by Crippen LogP contribution is 2.16. The van der Waals surface area contributed by atoms with Crippen molar-refractivity contribution in [2.75, 3.05) is 33.2 Å². The predicted octanol–water partition coefficient (Wildman–Crippen LogP) is 0.806. The summed E-state index contributed by atoms with van der Waals surface area (Å²) < 4.78 is 0. The van der Waals surface area contributed by atoms with Crippen LogP contribution >= 0.6 is 0 Å². The van der Waals surface area contributed by atoms with Gasteiger partial charge in [-0.2, -0.15) is 0 Å². The number of rotatable bonds is 1. The lowest BCUT2D eigenvalue weighted by Crippen LogP contribution is -2.50. The van der Waals surface area contributed by atoms with Crippen molar-refractivity contribution in [2.24, 2.45) is 5.41 Å². The number of carbonyl (C=O) groups is 1. The Morgan fingerprint density at radius 2 is 1.92 bits per heavy atom. The first-order chi connectivity index (χ1) is 5.88. The fourth-order valence-electron chi connectivity index (χ4n) is 1.61. The van der Waals surface area contributed by atoms with Crippen molar-refractivity contribution in [1.82, 2.24) is 9.80 Å². The average molecular weight is 184 g/mol. The molecule has 1 fully saturated rings. The van der Waals surface area contributed by atoms with E-state index in [-0.39, 0.29) is 11.3 Å². The van der Waals surface area contributed by atoms with Gasteiger partial charge in [0.1, 0.15) is 0 Å². The van der Waals surface area contributed by atoms with Crippen LogP contribution in [0.2, 0.25) is 0 Å². The quantitative estimate of drug-likeness (QED) is 0.602. The zero-order valence-electron chi connectivity index (χ0n) is 9.13. The maximum atomic E-state index is 11.4. The molecule has 0 aromatic carbocycles. The van der Waals surface area contributed by atoms with Crippen molar-refractivity contribution >= 4 is 5.91 Å². The van der Waals surface area contributed by atoms with Crippen LogP contribution < -0.4 is 0 Å². The van der Waals surface area contributed by atoms with E-state index in [9.17, 15) is 4.79 Å². The Bertz CT molecular complexity index is 196. The third kappa shape index (κ3) is 3.35. The van der Waals surface area contributed by atoms with Gasteiger partial charge in [0.25, 0.3) is 0 Å². The molecule has 0 aromatic heterocycles. The van der Waals surface area contributed by atoms with Crippen molar-refractivity contribution in [1.29, 1.82) is 0 Å². The van der Waals surface area contributed by atoms with Gasteiger partial charge in [-0.25, -0.2) is 0 Å². The van der Waals surface area contributed by atoms with Crippen molar-refractivity contribution in [3.63, 3.8) is 0 Å². The molecule has 0 aliphatic carbocycles. The highest BCUT2D eigenvalue weighted by molar-refractivity contribution is 5.78. The van der Waals surface area contributed by atoms with E-state index < -0.39 is 0 Å². The van der Waals surface area contributed by atoms with Gasteiger partial charge in [-0.1, -0.05) is 20.8 Å². The maximum Gasteiger partial charge on any atom is 0.236 e. The molecule has 1 aliphatic rings. The van der Waals surface area contributed by atoms with E-state index in [1.807, 2.05) is 7.05 Å². The number of carbonyl (C=O) groups excluding carboxylic acids is 1. The second kappa shape index (κ2) is 3.66. The fraction of sp³-hybridized carbons (Fsp3) is 0.900. The van der Waals surface area contributed by atoms with Gasteiger partial charge in [0.05, 0.1) is 6.54 Å². The van der Waals surface area contributed by atoms with Gasteiger partial charge in [0.2, 0.25) is 5.91 Å². The minimum atomic E-state index is 0.246. The Morgan fingerprint density at radius 3 is 2.38 bits per heavy atom. The second-order valence-corrected chi connectivity index (χ2v) is 5.09. The predicted molar refractivity (Wildman–Crippen MR) is 53.5 cm³/mol. The first-order valence-corrected chi connectivity index (χ1v) is 4.85. The molecule has 0 aromatic rings. The van der Waals surface area contributed by atoms with Gasteiger partial charge in [0.15, 0.2) is 0 Å². The number of hydrogen-bond donors (Lipinski definition) is 0. The molecule has 1 heterocycles. The van der Waals surface area contributed by atoms with Crippen molar-refractivity contribution < 1.29 is 4.79 Å². The first-order valence-electron chi connectivity index (χ1n) is 4.85. The van der Waals surface area contributed by atoms with Crippen molar-refractivity contribution in [3.8, 4) is 0 Å². The van der Waals surface area contributed by atoms with Crippen LogP contribution in [0.1, 0.15) is 20.8 Å². The molecule has 1 rings (SSSR count). The summed E-state index contributed by atoms with van der Waals surface area (Å²) in [6, 6.07) is 0. The van der Waals surface area contributed by atoms with Crippen LogP contribution in [-0.2, 0) is 4.79 Å². The number of hydrogen-bond acceptors (Lipinski definition) is 2. The highest BCUT2D eigenvalue weighted by atomic mass is 16.2. The van der Waals surface area contributed by atoms with Crippen LogP contribution in [0.3, 0.4) is 0 Å². The number of nitrogens with zero attached hydrogens (tertiary/aromatic N) is 2. The van der Waals surface area contributed by atoms with Gasteiger partial charge in [0, 0.05) is 26.7 Å². The molecule has 1 aliphatic heterocycles. The van der Waals surface area contributed by atoms with E-state index in [2.05, 4.69) is 25.7 Å². The summed E-state index contributed by atoms with van der Waals surface area (Å²) in [6.45, 7) is 10.1. The lowest BCUT2D eigenvalue weighted by molar-refractivity contribution is -0.134. The van der Waals surface area contributed by atoms with Crippen LogP contribution in [0.5, 0.6) is 0 Å². The minimum Gasteiger partial charge on any atom is -0.343 e. The van der Waals surface area contributed by atoms with Gasteiger partial charge >= 0.3 is 0 Å². The minimum absolute atomic E-state index is 0.246. The Balaban J connectivity index is 2.42. The molecule has 0 unspecified atom stereocenters. The summed E-state index contributed by atoms with van der Waals surface area (Å²) in [4.78, 5) is 15.4. The summed E-state index contributed by atoms with van der Waals surface area (Å²) in [5, 5.41) is 0. The maximum absolute atomic E-state index is 11.4. The Kier molecular flexibility index (Phi) is 2.96. The monoisotopic (exact) mass is 184 g/mol. The molecule has 13 heavy (non-hydrogen) atoms. The molecular weight excluding hydrogens is 164 g/mol. The van der Waals surface area contributed by atoms with E-state index in [4.69, 9.17) is 0 Å². The van der Waals surface area contributed by atoms with Crippen LogP contribution in [0, 0.1) is 5.41 Å². The number of amides is 1. The zero-order chi connectivity index (χ0) is 10.1. The van der Waals surface area contributed by atoms with Crippen LogP contribution in [0.4, 0.5) is 0 Å². The molecule has 0 saturated carbocycles. The van der Waals surface area contributed by atoms with Gasteiger partial charge in [-0.05, 0) is 5.41 Å². The Morgan fingerprint density at radius 1 is 1.31 bits per heavy atom. The molecule has 3 heteroatoms. The molecule has 0 radical (unpaired) electrons. The van der Waals surface area contributed by atoms with Gasteiger partial charge in [-0.3, -0.25) is 9.69 Å². The summed E-state index contributed by atoms with van der Waals surface area (Å²) >= 11 is 0. The normalized spacial score (nSPS) is 20.9. The smallest absolute Gasteiger partial charge is 0.236 e. The van der Waals surface area contributed by atoms with E-state index in [1.54, 1.807) is 4.90 Å². The number of piperazine rings is 1. The summed E-state index contributed by atoms with van der Waals surface area (Å²) in [7, 11) is 1.87. The molecule has 0 N–H and O–H groups in total. The Labute approximate surface area is 80.7 Å². The third-order valence-electron chi connectivity index (χ3n) is 2.23. The highest BCUT2D eigenvalue weighted by Gasteiger charge is 2.24. The summed E-state index contributed by atoms with van der Waals surface area (Å²) in [6.07, 6.45) is 0.